The summed E-state index contributed by atoms with van der Waals surface area (Å²) in [4.78, 5) is 19.6. The van der Waals surface area contributed by atoms with E-state index in [-0.39, 0.29) is 5.92 Å². The van der Waals surface area contributed by atoms with Crippen molar-refractivity contribution in [2.45, 2.75) is 25.8 Å². The van der Waals surface area contributed by atoms with Gasteiger partial charge in [0.25, 0.3) is 0 Å². The molecule has 0 aliphatic carbocycles. The molecule has 0 radical (unpaired) electrons. The molecule has 2 fully saturated rings. The van der Waals surface area contributed by atoms with Crippen molar-refractivity contribution >= 4 is 5.91 Å². The molecule has 0 aromatic heterocycles. The van der Waals surface area contributed by atoms with Crippen LogP contribution in [0.15, 0.2) is 24.3 Å². The molecule has 0 unspecified atom stereocenters. The number of methoxy groups -OCH3 is 1. The van der Waals surface area contributed by atoms with Crippen molar-refractivity contribution in [2.75, 3.05) is 53.4 Å². The van der Waals surface area contributed by atoms with Crippen LogP contribution in [0.4, 0.5) is 0 Å². The van der Waals surface area contributed by atoms with Crippen LogP contribution in [0, 0.1) is 5.92 Å². The molecule has 3 rings (SSSR count). The molecule has 2 heterocycles. The Morgan fingerprint density at radius 1 is 1.16 bits per heavy atom. The molecule has 5 nitrogen and oxygen atoms in total. The summed E-state index contributed by atoms with van der Waals surface area (Å²) >= 11 is 0. The number of nitrogens with zero attached hydrogens (tertiary/aromatic N) is 3. The molecular weight excluding hydrogens is 314 g/mol. The average molecular weight is 345 g/mol. The number of benzene rings is 1. The van der Waals surface area contributed by atoms with E-state index in [1.807, 2.05) is 12.1 Å². The number of ether oxygens (including phenoxy) is 1. The molecule has 1 aromatic rings. The number of carbonyl (C=O) groups excluding carboxylic acids is 1. The lowest BCUT2D eigenvalue weighted by molar-refractivity contribution is -0.139. The summed E-state index contributed by atoms with van der Waals surface area (Å²) < 4.78 is 5.51. The molecule has 0 bridgehead atoms. The SMILES string of the molecule is COc1ccccc1[C@H](C)N1CCN(C(=O)[C@@H]2CCCN(C)C2)CC1. The first-order chi connectivity index (χ1) is 12.1. The molecule has 2 aliphatic rings. The molecule has 1 aromatic carbocycles. The minimum atomic E-state index is 0.192. The summed E-state index contributed by atoms with van der Waals surface area (Å²) in [6.45, 7) is 7.77. The summed E-state index contributed by atoms with van der Waals surface area (Å²) in [5.41, 5.74) is 1.22. The van der Waals surface area contributed by atoms with Crippen molar-refractivity contribution in [1.82, 2.24) is 14.7 Å². The molecule has 25 heavy (non-hydrogen) atoms. The van der Waals surface area contributed by atoms with E-state index in [4.69, 9.17) is 4.74 Å². The maximum atomic E-state index is 12.8. The summed E-state index contributed by atoms with van der Waals surface area (Å²) in [5, 5.41) is 0. The van der Waals surface area contributed by atoms with E-state index in [9.17, 15) is 4.79 Å². The lowest BCUT2D eigenvalue weighted by Gasteiger charge is -2.40. The quantitative estimate of drug-likeness (QED) is 0.839. The smallest absolute Gasteiger partial charge is 0.227 e. The molecule has 2 saturated heterocycles. The lowest BCUT2D eigenvalue weighted by atomic mass is 9.96. The van der Waals surface area contributed by atoms with Gasteiger partial charge in [-0.25, -0.2) is 0 Å². The van der Waals surface area contributed by atoms with Gasteiger partial charge < -0.3 is 14.5 Å². The van der Waals surface area contributed by atoms with Crippen LogP contribution in [0.25, 0.3) is 0 Å². The Bertz CT molecular complexity index is 584. The largest absolute Gasteiger partial charge is 0.496 e. The van der Waals surface area contributed by atoms with Crippen molar-refractivity contribution in [2.24, 2.45) is 5.92 Å². The fourth-order valence-electron chi connectivity index (χ4n) is 4.16. The summed E-state index contributed by atoms with van der Waals surface area (Å²) in [6, 6.07) is 8.53. The Balaban J connectivity index is 1.57. The molecule has 5 heteroatoms. The second kappa shape index (κ2) is 8.19. The van der Waals surface area contributed by atoms with Crippen molar-refractivity contribution in [3.8, 4) is 5.75 Å². The zero-order valence-electron chi connectivity index (χ0n) is 15.8. The van der Waals surface area contributed by atoms with Gasteiger partial charge in [-0.3, -0.25) is 9.69 Å². The standard InChI is InChI=1S/C20H31N3O2/c1-16(18-8-4-5-9-19(18)25-3)22-11-13-23(14-12-22)20(24)17-7-6-10-21(2)15-17/h4-5,8-9,16-17H,6-7,10-15H2,1-3H3/t16-,17+/m0/s1. The first kappa shape index (κ1) is 18.2. The van der Waals surface area contributed by atoms with Gasteiger partial charge in [0.2, 0.25) is 5.91 Å². The number of hydrogen-bond donors (Lipinski definition) is 0. The van der Waals surface area contributed by atoms with Crippen LogP contribution in [0.5, 0.6) is 5.75 Å². The van der Waals surface area contributed by atoms with Crippen LogP contribution in [0.1, 0.15) is 31.4 Å². The van der Waals surface area contributed by atoms with Gasteiger partial charge in [0.05, 0.1) is 13.0 Å². The second-order valence-corrected chi connectivity index (χ2v) is 7.38. The van der Waals surface area contributed by atoms with E-state index in [1.165, 1.54) is 5.56 Å². The minimum Gasteiger partial charge on any atom is -0.496 e. The highest BCUT2D eigenvalue weighted by atomic mass is 16.5. The first-order valence-corrected chi connectivity index (χ1v) is 9.44. The Morgan fingerprint density at radius 3 is 2.56 bits per heavy atom. The number of piperazine rings is 1. The third-order valence-electron chi connectivity index (χ3n) is 5.74. The molecule has 138 valence electrons. The van der Waals surface area contributed by atoms with Crippen LogP contribution in [-0.2, 0) is 4.79 Å². The Kier molecular flexibility index (Phi) is 5.97. The Morgan fingerprint density at radius 2 is 1.88 bits per heavy atom. The normalized spacial score (nSPS) is 24.1. The predicted octanol–water partition coefficient (Wildman–Crippen LogP) is 2.24. The van der Waals surface area contributed by atoms with Gasteiger partial charge in [-0.15, -0.1) is 0 Å². The Hall–Kier alpha value is -1.59. The third kappa shape index (κ3) is 4.15. The van der Waals surface area contributed by atoms with Gasteiger partial charge in [0.1, 0.15) is 5.75 Å². The molecule has 0 spiro atoms. The number of likely N-dealkylation sites (tertiary alicyclic amines) is 1. The monoisotopic (exact) mass is 345 g/mol. The number of rotatable bonds is 4. The summed E-state index contributed by atoms with van der Waals surface area (Å²) in [6.07, 6.45) is 2.18. The minimum absolute atomic E-state index is 0.192. The highest BCUT2D eigenvalue weighted by molar-refractivity contribution is 5.79. The van der Waals surface area contributed by atoms with Gasteiger partial charge in [-0.1, -0.05) is 18.2 Å². The number of piperidine rings is 1. The van der Waals surface area contributed by atoms with E-state index in [2.05, 4.69) is 40.8 Å². The third-order valence-corrected chi connectivity index (χ3v) is 5.74. The van der Waals surface area contributed by atoms with E-state index in [0.717, 1.165) is 57.9 Å². The van der Waals surface area contributed by atoms with E-state index >= 15 is 0 Å². The molecule has 2 aliphatic heterocycles. The zero-order chi connectivity index (χ0) is 17.8. The average Bonchev–Trinajstić information content (AvgIpc) is 2.67. The van der Waals surface area contributed by atoms with Gasteiger partial charge in [0, 0.05) is 44.3 Å². The topological polar surface area (TPSA) is 36.0 Å². The highest BCUT2D eigenvalue weighted by Crippen LogP contribution is 2.29. The van der Waals surface area contributed by atoms with Crippen LogP contribution < -0.4 is 4.74 Å². The number of hydrogen-bond acceptors (Lipinski definition) is 4. The van der Waals surface area contributed by atoms with Gasteiger partial charge >= 0.3 is 0 Å². The van der Waals surface area contributed by atoms with Gasteiger partial charge in [-0.05, 0) is 39.4 Å². The van der Waals surface area contributed by atoms with E-state index in [0.29, 0.717) is 11.9 Å². The zero-order valence-corrected chi connectivity index (χ0v) is 15.8. The molecule has 0 N–H and O–H groups in total. The van der Waals surface area contributed by atoms with E-state index < -0.39 is 0 Å². The van der Waals surface area contributed by atoms with E-state index in [1.54, 1.807) is 7.11 Å². The van der Waals surface area contributed by atoms with Crippen LogP contribution in [0.2, 0.25) is 0 Å². The highest BCUT2D eigenvalue weighted by Gasteiger charge is 2.31. The van der Waals surface area contributed by atoms with Gasteiger partial charge in [-0.2, -0.15) is 0 Å². The maximum Gasteiger partial charge on any atom is 0.227 e. The van der Waals surface area contributed by atoms with Crippen LogP contribution in [0.3, 0.4) is 0 Å². The predicted molar refractivity (Wildman–Crippen MR) is 99.8 cm³/mol. The van der Waals surface area contributed by atoms with Crippen molar-refractivity contribution in [1.29, 1.82) is 0 Å². The fourth-order valence-corrected chi connectivity index (χ4v) is 4.16. The van der Waals surface area contributed by atoms with Crippen molar-refractivity contribution in [3.63, 3.8) is 0 Å². The molecular formula is C20H31N3O2. The van der Waals surface area contributed by atoms with Crippen LogP contribution >= 0.6 is 0 Å². The van der Waals surface area contributed by atoms with Gasteiger partial charge in [0.15, 0.2) is 0 Å². The Labute approximate surface area is 151 Å². The van der Waals surface area contributed by atoms with Crippen molar-refractivity contribution in [3.05, 3.63) is 29.8 Å². The first-order valence-electron chi connectivity index (χ1n) is 9.44. The number of carbonyl (C=O) groups is 1. The number of amides is 1. The lowest BCUT2D eigenvalue weighted by Crippen LogP contribution is -2.52. The fraction of sp³-hybridized carbons (Fsp3) is 0.650. The van der Waals surface area contributed by atoms with Crippen LogP contribution in [-0.4, -0.2) is 74.0 Å². The van der Waals surface area contributed by atoms with Crippen molar-refractivity contribution < 1.29 is 9.53 Å². The maximum absolute atomic E-state index is 12.8. The molecule has 0 saturated carbocycles. The molecule has 2 atom stereocenters. The summed E-state index contributed by atoms with van der Waals surface area (Å²) in [5.74, 6) is 1.49. The summed E-state index contributed by atoms with van der Waals surface area (Å²) in [7, 11) is 3.84. The second-order valence-electron chi connectivity index (χ2n) is 7.38. The number of para-hydroxylation sites is 1. The molecule has 1 amide bonds.